The van der Waals surface area contributed by atoms with Gasteiger partial charge in [-0.05, 0) is 44.5 Å². The fraction of sp³-hybridized carbons (Fsp3) is 0.200. The molecule has 25 heavy (non-hydrogen) atoms. The number of benzene rings is 2. The van der Waals surface area contributed by atoms with Crippen molar-refractivity contribution >= 4 is 28.5 Å². The van der Waals surface area contributed by atoms with Crippen LogP contribution in [0.1, 0.15) is 28.6 Å². The van der Waals surface area contributed by atoms with Gasteiger partial charge in [-0.25, -0.2) is 4.79 Å². The number of carbonyl (C=O) groups is 2. The molecule has 3 aromatic rings. The standard InChI is InChI=1S/C20H19NO4/c1-12-8-9-16(13(2)10-12)21-19(22)14(3)24-20(23)18-11-15-6-4-5-7-17(15)25-18/h4-11,14H,1-3H3,(H,21,22)/t14-/m0/s1. The molecule has 1 aromatic heterocycles. The Hall–Kier alpha value is -3.08. The summed E-state index contributed by atoms with van der Waals surface area (Å²) < 4.78 is 10.7. The average molecular weight is 337 g/mol. The van der Waals surface area contributed by atoms with Crippen LogP contribution < -0.4 is 5.32 Å². The first-order valence-electron chi connectivity index (χ1n) is 8.02. The number of aryl methyl sites for hydroxylation is 2. The van der Waals surface area contributed by atoms with Crippen LogP contribution in [0.15, 0.2) is 52.9 Å². The second-order valence-corrected chi connectivity index (χ2v) is 6.00. The number of furan rings is 1. The van der Waals surface area contributed by atoms with E-state index in [9.17, 15) is 9.59 Å². The van der Waals surface area contributed by atoms with Crippen molar-refractivity contribution in [3.8, 4) is 0 Å². The van der Waals surface area contributed by atoms with Crippen LogP contribution in [0, 0.1) is 13.8 Å². The average Bonchev–Trinajstić information content (AvgIpc) is 3.01. The molecule has 0 aliphatic rings. The first kappa shape index (κ1) is 16.8. The minimum absolute atomic E-state index is 0.0763. The van der Waals surface area contributed by atoms with E-state index in [0.717, 1.165) is 16.5 Å². The van der Waals surface area contributed by atoms with Crippen LogP contribution in [0.4, 0.5) is 5.69 Å². The molecule has 2 aromatic carbocycles. The molecule has 5 heteroatoms. The van der Waals surface area contributed by atoms with E-state index in [2.05, 4.69) is 5.32 Å². The molecule has 3 rings (SSSR count). The third-order valence-corrected chi connectivity index (χ3v) is 3.92. The van der Waals surface area contributed by atoms with E-state index in [0.29, 0.717) is 11.3 Å². The van der Waals surface area contributed by atoms with E-state index in [-0.39, 0.29) is 5.76 Å². The monoisotopic (exact) mass is 337 g/mol. The predicted molar refractivity (Wildman–Crippen MR) is 95.6 cm³/mol. The summed E-state index contributed by atoms with van der Waals surface area (Å²) in [6, 6.07) is 14.6. The van der Waals surface area contributed by atoms with Crippen LogP contribution >= 0.6 is 0 Å². The number of nitrogens with one attached hydrogen (secondary N) is 1. The van der Waals surface area contributed by atoms with Gasteiger partial charge in [-0.1, -0.05) is 35.9 Å². The van der Waals surface area contributed by atoms with E-state index in [1.54, 1.807) is 12.1 Å². The highest BCUT2D eigenvalue weighted by molar-refractivity contribution is 5.98. The molecule has 0 radical (unpaired) electrons. The zero-order chi connectivity index (χ0) is 18.0. The van der Waals surface area contributed by atoms with E-state index >= 15 is 0 Å². The third-order valence-electron chi connectivity index (χ3n) is 3.92. The van der Waals surface area contributed by atoms with Gasteiger partial charge in [0.25, 0.3) is 5.91 Å². The van der Waals surface area contributed by atoms with Gasteiger partial charge in [0.15, 0.2) is 6.10 Å². The number of fused-ring (bicyclic) bond motifs is 1. The Morgan fingerprint density at radius 3 is 2.56 bits per heavy atom. The number of rotatable bonds is 4. The van der Waals surface area contributed by atoms with E-state index in [1.807, 2.05) is 50.2 Å². The number of para-hydroxylation sites is 1. The highest BCUT2D eigenvalue weighted by Crippen LogP contribution is 2.20. The Labute approximate surface area is 145 Å². The largest absolute Gasteiger partial charge is 0.449 e. The predicted octanol–water partition coefficient (Wildman–Crippen LogP) is 4.23. The van der Waals surface area contributed by atoms with E-state index < -0.39 is 18.0 Å². The van der Waals surface area contributed by atoms with E-state index in [4.69, 9.17) is 9.15 Å². The molecule has 0 bridgehead atoms. The molecule has 0 saturated carbocycles. The van der Waals surface area contributed by atoms with Crippen molar-refractivity contribution in [2.24, 2.45) is 0 Å². The normalized spacial score (nSPS) is 12.0. The summed E-state index contributed by atoms with van der Waals surface area (Å²) in [7, 11) is 0. The van der Waals surface area contributed by atoms with Gasteiger partial charge in [-0.2, -0.15) is 0 Å². The van der Waals surface area contributed by atoms with Crippen LogP contribution in [0.25, 0.3) is 11.0 Å². The summed E-state index contributed by atoms with van der Waals surface area (Å²) in [4.78, 5) is 24.5. The molecular weight excluding hydrogens is 318 g/mol. The van der Waals surface area contributed by atoms with Crippen molar-refractivity contribution in [3.63, 3.8) is 0 Å². The lowest BCUT2D eigenvalue weighted by Crippen LogP contribution is -2.30. The van der Waals surface area contributed by atoms with Gasteiger partial charge >= 0.3 is 5.97 Å². The molecule has 1 heterocycles. The summed E-state index contributed by atoms with van der Waals surface area (Å²) in [5.74, 6) is -0.983. The Kier molecular flexibility index (Phi) is 4.57. The van der Waals surface area contributed by atoms with Gasteiger partial charge in [-0.3, -0.25) is 4.79 Å². The van der Waals surface area contributed by atoms with Gasteiger partial charge in [0.1, 0.15) is 5.58 Å². The van der Waals surface area contributed by atoms with Crippen molar-refractivity contribution < 1.29 is 18.7 Å². The fourth-order valence-electron chi connectivity index (χ4n) is 2.54. The van der Waals surface area contributed by atoms with Crippen molar-refractivity contribution in [2.45, 2.75) is 26.9 Å². The summed E-state index contributed by atoms with van der Waals surface area (Å²) in [5, 5.41) is 3.58. The van der Waals surface area contributed by atoms with Gasteiger partial charge < -0.3 is 14.5 Å². The number of hydrogen-bond acceptors (Lipinski definition) is 4. The van der Waals surface area contributed by atoms with Gasteiger partial charge in [0.05, 0.1) is 0 Å². The maximum Gasteiger partial charge on any atom is 0.375 e. The highest BCUT2D eigenvalue weighted by Gasteiger charge is 2.22. The zero-order valence-corrected chi connectivity index (χ0v) is 14.3. The molecular formula is C20H19NO4. The minimum atomic E-state index is -0.943. The van der Waals surface area contributed by atoms with Crippen molar-refractivity contribution in [1.82, 2.24) is 0 Å². The second kappa shape index (κ2) is 6.81. The number of amides is 1. The Balaban J connectivity index is 1.67. The van der Waals surface area contributed by atoms with Crippen LogP contribution in [0.5, 0.6) is 0 Å². The van der Waals surface area contributed by atoms with E-state index in [1.165, 1.54) is 6.92 Å². The Morgan fingerprint density at radius 1 is 1.08 bits per heavy atom. The third kappa shape index (κ3) is 3.71. The molecule has 1 atom stereocenters. The molecule has 0 saturated heterocycles. The van der Waals surface area contributed by atoms with Gasteiger partial charge in [-0.15, -0.1) is 0 Å². The quantitative estimate of drug-likeness (QED) is 0.723. The number of carbonyl (C=O) groups excluding carboxylic acids is 2. The number of hydrogen-bond donors (Lipinski definition) is 1. The lowest BCUT2D eigenvalue weighted by atomic mass is 10.1. The Morgan fingerprint density at radius 2 is 1.84 bits per heavy atom. The second-order valence-electron chi connectivity index (χ2n) is 6.00. The molecule has 0 aliphatic heterocycles. The Bertz CT molecular complexity index is 909. The molecule has 1 amide bonds. The highest BCUT2D eigenvalue weighted by atomic mass is 16.6. The summed E-state index contributed by atoms with van der Waals surface area (Å²) in [6.45, 7) is 5.42. The lowest BCUT2D eigenvalue weighted by molar-refractivity contribution is -0.123. The SMILES string of the molecule is Cc1ccc(NC(=O)[C@H](C)OC(=O)c2cc3ccccc3o2)c(C)c1. The van der Waals surface area contributed by atoms with Crippen LogP contribution in [-0.4, -0.2) is 18.0 Å². The maximum absolute atomic E-state index is 12.3. The number of esters is 1. The first-order chi connectivity index (χ1) is 11.9. The molecule has 1 N–H and O–H groups in total. The number of anilines is 1. The maximum atomic E-state index is 12.3. The molecule has 0 spiro atoms. The smallest absolute Gasteiger partial charge is 0.375 e. The molecule has 5 nitrogen and oxygen atoms in total. The zero-order valence-electron chi connectivity index (χ0n) is 14.3. The fourth-order valence-corrected chi connectivity index (χ4v) is 2.54. The summed E-state index contributed by atoms with van der Waals surface area (Å²) in [6.07, 6.45) is -0.943. The van der Waals surface area contributed by atoms with Gasteiger partial charge in [0, 0.05) is 11.1 Å². The van der Waals surface area contributed by atoms with Crippen LogP contribution in [0.2, 0.25) is 0 Å². The van der Waals surface area contributed by atoms with Crippen LogP contribution in [-0.2, 0) is 9.53 Å². The van der Waals surface area contributed by atoms with Crippen molar-refractivity contribution in [3.05, 3.63) is 65.4 Å². The molecule has 0 fully saturated rings. The first-order valence-corrected chi connectivity index (χ1v) is 8.02. The lowest BCUT2D eigenvalue weighted by Gasteiger charge is -2.14. The van der Waals surface area contributed by atoms with Gasteiger partial charge in [0.2, 0.25) is 5.76 Å². The number of ether oxygens (including phenoxy) is 1. The molecule has 128 valence electrons. The summed E-state index contributed by atoms with van der Waals surface area (Å²) >= 11 is 0. The van der Waals surface area contributed by atoms with Crippen molar-refractivity contribution in [2.75, 3.05) is 5.32 Å². The summed E-state index contributed by atoms with van der Waals surface area (Å²) in [5.41, 5.74) is 3.35. The topological polar surface area (TPSA) is 68.5 Å². The van der Waals surface area contributed by atoms with Crippen molar-refractivity contribution in [1.29, 1.82) is 0 Å². The molecule has 0 aliphatic carbocycles. The molecule has 0 unspecified atom stereocenters. The van der Waals surface area contributed by atoms with Crippen LogP contribution in [0.3, 0.4) is 0 Å². The minimum Gasteiger partial charge on any atom is -0.449 e.